The molecule has 2 N–H and O–H groups in total. The largest absolute Gasteiger partial charge is 0.324 e. The van der Waals surface area contributed by atoms with Crippen molar-refractivity contribution in [2.24, 2.45) is 0 Å². The van der Waals surface area contributed by atoms with Crippen LogP contribution in [0.4, 0.5) is 16.2 Å². The summed E-state index contributed by atoms with van der Waals surface area (Å²) in [6.07, 6.45) is 2.92. The first-order chi connectivity index (χ1) is 14.5. The van der Waals surface area contributed by atoms with Crippen molar-refractivity contribution in [3.05, 3.63) is 59.9 Å². The van der Waals surface area contributed by atoms with Gasteiger partial charge >= 0.3 is 6.03 Å². The summed E-state index contributed by atoms with van der Waals surface area (Å²) in [5.41, 5.74) is 4.22. The molecule has 4 rings (SSSR count). The molecule has 154 valence electrons. The quantitative estimate of drug-likeness (QED) is 0.694. The summed E-state index contributed by atoms with van der Waals surface area (Å²) in [6.45, 7) is 4.46. The molecular formula is C21H23N7O2. The van der Waals surface area contributed by atoms with Gasteiger partial charge in [0, 0.05) is 17.9 Å². The average Bonchev–Trinajstić information content (AvgIpc) is 3.43. The second-order valence-electron chi connectivity index (χ2n) is 7.34. The summed E-state index contributed by atoms with van der Waals surface area (Å²) in [5.74, 6) is -0.195. The van der Waals surface area contributed by atoms with Gasteiger partial charge < -0.3 is 15.5 Å². The fraction of sp³-hybridized carbons (Fsp3) is 0.286. The van der Waals surface area contributed by atoms with Gasteiger partial charge in [-0.1, -0.05) is 18.2 Å². The highest BCUT2D eigenvalue weighted by Crippen LogP contribution is 2.24. The monoisotopic (exact) mass is 405 g/mol. The third-order valence-electron chi connectivity index (χ3n) is 5.28. The van der Waals surface area contributed by atoms with E-state index in [2.05, 4.69) is 26.2 Å². The minimum absolute atomic E-state index is 0.195. The molecule has 1 saturated heterocycles. The van der Waals surface area contributed by atoms with Gasteiger partial charge in [-0.15, -0.1) is 5.10 Å². The number of amides is 3. The SMILES string of the molecule is Cc1cccc(C)c1NC(=O)N1CCC[C@@H]1C(=O)Nc1ccc(-n2cnnn2)cc1. The molecule has 0 aliphatic carbocycles. The van der Waals surface area contributed by atoms with Crippen LogP contribution in [-0.2, 0) is 4.79 Å². The molecule has 9 heteroatoms. The number of carbonyl (C=O) groups excluding carboxylic acids is 2. The van der Waals surface area contributed by atoms with E-state index in [-0.39, 0.29) is 11.9 Å². The number of aromatic nitrogens is 4. The molecule has 2 aromatic carbocycles. The maximum Gasteiger partial charge on any atom is 0.322 e. The van der Waals surface area contributed by atoms with E-state index < -0.39 is 6.04 Å². The topological polar surface area (TPSA) is 105 Å². The van der Waals surface area contributed by atoms with E-state index in [1.165, 1.54) is 11.0 Å². The van der Waals surface area contributed by atoms with Crippen molar-refractivity contribution in [3.8, 4) is 5.69 Å². The highest BCUT2D eigenvalue weighted by atomic mass is 16.2. The normalized spacial score (nSPS) is 15.8. The molecule has 30 heavy (non-hydrogen) atoms. The number of para-hydroxylation sites is 1. The Balaban J connectivity index is 1.42. The van der Waals surface area contributed by atoms with Crippen molar-refractivity contribution >= 4 is 23.3 Å². The number of tetrazole rings is 1. The zero-order valence-electron chi connectivity index (χ0n) is 16.9. The summed E-state index contributed by atoms with van der Waals surface area (Å²) in [7, 11) is 0. The highest BCUT2D eigenvalue weighted by molar-refractivity contribution is 6.00. The third kappa shape index (κ3) is 4.00. The first-order valence-corrected chi connectivity index (χ1v) is 9.81. The molecule has 1 aromatic heterocycles. The number of urea groups is 1. The van der Waals surface area contributed by atoms with E-state index in [0.29, 0.717) is 18.7 Å². The van der Waals surface area contributed by atoms with Crippen molar-refractivity contribution in [1.29, 1.82) is 0 Å². The lowest BCUT2D eigenvalue weighted by molar-refractivity contribution is -0.119. The fourth-order valence-corrected chi connectivity index (χ4v) is 3.68. The van der Waals surface area contributed by atoms with Crippen molar-refractivity contribution in [2.45, 2.75) is 32.7 Å². The van der Waals surface area contributed by atoms with E-state index in [9.17, 15) is 9.59 Å². The fourth-order valence-electron chi connectivity index (χ4n) is 3.68. The smallest absolute Gasteiger partial charge is 0.322 e. The van der Waals surface area contributed by atoms with Crippen LogP contribution in [0.1, 0.15) is 24.0 Å². The van der Waals surface area contributed by atoms with Crippen LogP contribution in [0, 0.1) is 13.8 Å². The lowest BCUT2D eigenvalue weighted by atomic mass is 10.1. The molecule has 1 atom stereocenters. The Morgan fingerprint density at radius 1 is 1.03 bits per heavy atom. The van der Waals surface area contributed by atoms with E-state index in [0.717, 1.165) is 28.9 Å². The molecule has 3 amide bonds. The molecule has 9 nitrogen and oxygen atoms in total. The maximum atomic E-state index is 12.9. The number of anilines is 2. The Hall–Kier alpha value is -3.75. The number of nitrogens with one attached hydrogen (secondary N) is 2. The van der Waals surface area contributed by atoms with Crippen molar-refractivity contribution in [3.63, 3.8) is 0 Å². The molecule has 2 heterocycles. The zero-order chi connectivity index (χ0) is 21.1. The Morgan fingerprint density at radius 3 is 2.43 bits per heavy atom. The predicted molar refractivity (Wildman–Crippen MR) is 112 cm³/mol. The van der Waals surface area contributed by atoms with Crippen LogP contribution in [0.2, 0.25) is 0 Å². The minimum atomic E-state index is -0.506. The predicted octanol–water partition coefficient (Wildman–Crippen LogP) is 2.91. The van der Waals surface area contributed by atoms with E-state index in [4.69, 9.17) is 0 Å². The Morgan fingerprint density at radius 2 is 1.77 bits per heavy atom. The van der Waals surface area contributed by atoms with Gasteiger partial charge in [0.05, 0.1) is 5.69 Å². The van der Waals surface area contributed by atoms with Crippen LogP contribution in [0.5, 0.6) is 0 Å². The van der Waals surface area contributed by atoms with Crippen LogP contribution < -0.4 is 10.6 Å². The van der Waals surface area contributed by atoms with Gasteiger partial charge in [-0.05, 0) is 72.5 Å². The van der Waals surface area contributed by atoms with Gasteiger partial charge in [-0.3, -0.25) is 4.79 Å². The van der Waals surface area contributed by atoms with Crippen LogP contribution in [-0.4, -0.2) is 49.6 Å². The minimum Gasteiger partial charge on any atom is -0.324 e. The summed E-state index contributed by atoms with van der Waals surface area (Å²) in [6, 6.07) is 12.3. The second kappa shape index (κ2) is 8.32. The van der Waals surface area contributed by atoms with Gasteiger partial charge in [0.25, 0.3) is 0 Å². The van der Waals surface area contributed by atoms with E-state index in [1.807, 2.05) is 44.2 Å². The summed E-state index contributed by atoms with van der Waals surface area (Å²) in [4.78, 5) is 27.3. The Bertz CT molecular complexity index is 1030. The van der Waals surface area contributed by atoms with Gasteiger partial charge in [0.1, 0.15) is 12.4 Å². The molecule has 0 saturated carbocycles. The molecule has 3 aromatic rings. The van der Waals surface area contributed by atoms with E-state index >= 15 is 0 Å². The summed E-state index contributed by atoms with van der Waals surface area (Å²) < 4.78 is 1.53. The van der Waals surface area contributed by atoms with Crippen LogP contribution >= 0.6 is 0 Å². The van der Waals surface area contributed by atoms with Gasteiger partial charge in [-0.25, -0.2) is 9.48 Å². The van der Waals surface area contributed by atoms with Crippen LogP contribution in [0.3, 0.4) is 0 Å². The van der Waals surface area contributed by atoms with Crippen molar-refractivity contribution in [2.75, 3.05) is 17.2 Å². The first-order valence-electron chi connectivity index (χ1n) is 9.81. The number of hydrogen-bond donors (Lipinski definition) is 2. The molecule has 0 radical (unpaired) electrons. The van der Waals surface area contributed by atoms with Crippen molar-refractivity contribution < 1.29 is 9.59 Å². The van der Waals surface area contributed by atoms with E-state index in [1.54, 1.807) is 17.0 Å². The summed E-state index contributed by atoms with van der Waals surface area (Å²) >= 11 is 0. The Labute approximate surface area is 174 Å². The average molecular weight is 405 g/mol. The van der Waals surface area contributed by atoms with Gasteiger partial charge in [-0.2, -0.15) is 0 Å². The molecule has 1 aliphatic heterocycles. The first kappa shape index (κ1) is 19.6. The Kier molecular flexibility index (Phi) is 5.42. The van der Waals surface area contributed by atoms with Crippen LogP contribution in [0.15, 0.2) is 48.8 Å². The number of hydrogen-bond acceptors (Lipinski definition) is 5. The van der Waals surface area contributed by atoms with Crippen LogP contribution in [0.25, 0.3) is 5.69 Å². The zero-order valence-corrected chi connectivity index (χ0v) is 16.9. The second-order valence-corrected chi connectivity index (χ2v) is 7.34. The molecule has 0 spiro atoms. The number of rotatable bonds is 4. The molecule has 1 fully saturated rings. The number of likely N-dealkylation sites (tertiary alicyclic amines) is 1. The number of nitrogens with zero attached hydrogens (tertiary/aromatic N) is 5. The van der Waals surface area contributed by atoms with Gasteiger partial charge in [0.2, 0.25) is 5.91 Å². The van der Waals surface area contributed by atoms with Gasteiger partial charge in [0.15, 0.2) is 0 Å². The number of carbonyl (C=O) groups is 2. The summed E-state index contributed by atoms with van der Waals surface area (Å²) in [5, 5.41) is 16.9. The number of aryl methyl sites for hydroxylation is 2. The molecule has 0 unspecified atom stereocenters. The number of benzene rings is 2. The highest BCUT2D eigenvalue weighted by Gasteiger charge is 2.34. The maximum absolute atomic E-state index is 12.9. The third-order valence-corrected chi connectivity index (χ3v) is 5.28. The lowest BCUT2D eigenvalue weighted by Crippen LogP contribution is -2.45. The standard InChI is InChI=1S/C21H23N7O2/c1-14-5-3-6-15(2)19(14)24-21(30)27-12-4-7-18(27)20(29)23-16-8-10-17(11-9-16)28-13-22-25-26-28/h3,5-6,8-11,13,18H,4,7,12H2,1-2H3,(H,23,29)(H,24,30)/t18-/m1/s1. The molecule has 1 aliphatic rings. The lowest BCUT2D eigenvalue weighted by Gasteiger charge is -2.25. The molecule has 0 bridgehead atoms. The van der Waals surface area contributed by atoms with Crippen molar-refractivity contribution in [1.82, 2.24) is 25.1 Å². The molecular weight excluding hydrogens is 382 g/mol.